The molecule has 1 aromatic heterocycles. The van der Waals surface area contributed by atoms with E-state index in [-0.39, 0.29) is 23.3 Å². The van der Waals surface area contributed by atoms with Gasteiger partial charge < -0.3 is 0 Å². The van der Waals surface area contributed by atoms with Gasteiger partial charge in [-0.2, -0.15) is 10.4 Å². The topological polar surface area (TPSA) is 58.7 Å². The number of rotatable bonds is 8. The van der Waals surface area contributed by atoms with E-state index < -0.39 is 0 Å². The quantitative estimate of drug-likeness (QED) is 0.593. The highest BCUT2D eigenvalue weighted by atomic mass is 16.1. The van der Waals surface area contributed by atoms with Crippen LogP contribution in [0.5, 0.6) is 0 Å². The summed E-state index contributed by atoms with van der Waals surface area (Å²) < 4.78 is 1.77. The van der Waals surface area contributed by atoms with Gasteiger partial charge >= 0.3 is 0 Å². The molecule has 2 rings (SSSR count). The molecule has 1 heterocycles. The van der Waals surface area contributed by atoms with Gasteiger partial charge in [-0.25, -0.2) is 0 Å². The molecule has 150 valence electrons. The van der Waals surface area contributed by atoms with E-state index in [0.29, 0.717) is 23.2 Å². The molecule has 1 aromatic rings. The lowest BCUT2D eigenvalue weighted by molar-refractivity contribution is -0.131. The molecule has 0 N–H and O–H groups in total. The van der Waals surface area contributed by atoms with Crippen molar-refractivity contribution >= 4 is 5.78 Å². The molecular formula is C23H37N3O. The van der Waals surface area contributed by atoms with Crippen molar-refractivity contribution in [3.05, 3.63) is 18.0 Å². The maximum Gasteiger partial charge on any atom is 0.141 e. The second-order valence-electron chi connectivity index (χ2n) is 9.76. The fourth-order valence-electron chi connectivity index (χ4n) is 5.08. The number of Topliss-reactive ketones (excluding diaryl/α,β-unsaturated/α-hetero) is 1. The van der Waals surface area contributed by atoms with Crippen molar-refractivity contribution in [3.63, 3.8) is 0 Å². The van der Waals surface area contributed by atoms with Gasteiger partial charge in [0, 0.05) is 18.0 Å². The minimum Gasteiger partial charge on any atom is -0.299 e. The van der Waals surface area contributed by atoms with Gasteiger partial charge in [-0.05, 0) is 42.9 Å². The van der Waals surface area contributed by atoms with Crippen molar-refractivity contribution in [2.24, 2.45) is 35.0 Å². The molecule has 0 amide bonds. The lowest BCUT2D eigenvalue weighted by Gasteiger charge is -2.37. The summed E-state index contributed by atoms with van der Waals surface area (Å²) in [6, 6.07) is 2.07. The Bertz CT molecular complexity index is 682. The Hall–Kier alpha value is -1.63. The van der Waals surface area contributed by atoms with Gasteiger partial charge in [-0.15, -0.1) is 0 Å². The smallest absolute Gasteiger partial charge is 0.141 e. The summed E-state index contributed by atoms with van der Waals surface area (Å²) in [5, 5.41) is 13.3. The average Bonchev–Trinajstić information content (AvgIpc) is 3.21. The van der Waals surface area contributed by atoms with Gasteiger partial charge in [0.1, 0.15) is 11.9 Å². The van der Waals surface area contributed by atoms with Crippen molar-refractivity contribution in [1.29, 1.82) is 5.26 Å². The Kier molecular flexibility index (Phi) is 6.89. The normalized spacial score (nSPS) is 25.1. The third-order valence-electron chi connectivity index (χ3n) is 7.17. The maximum absolute atomic E-state index is 13.4. The van der Waals surface area contributed by atoms with Crippen LogP contribution in [0.3, 0.4) is 0 Å². The monoisotopic (exact) mass is 371 g/mol. The highest BCUT2D eigenvalue weighted by Gasteiger charge is 2.49. The number of ketones is 1. The number of nitriles is 1. The third kappa shape index (κ3) is 4.62. The van der Waals surface area contributed by atoms with Crippen molar-refractivity contribution in [1.82, 2.24) is 9.78 Å². The van der Waals surface area contributed by atoms with E-state index in [2.05, 4.69) is 45.8 Å². The van der Waals surface area contributed by atoms with Crippen LogP contribution in [0.2, 0.25) is 0 Å². The van der Waals surface area contributed by atoms with E-state index in [1.54, 1.807) is 17.1 Å². The Labute approximate surface area is 165 Å². The van der Waals surface area contributed by atoms with E-state index in [9.17, 15) is 4.79 Å². The summed E-state index contributed by atoms with van der Waals surface area (Å²) in [7, 11) is 0. The van der Waals surface area contributed by atoms with Crippen LogP contribution in [0.4, 0.5) is 0 Å². The van der Waals surface area contributed by atoms with Gasteiger partial charge in [0.25, 0.3) is 0 Å². The number of hydrogen-bond acceptors (Lipinski definition) is 3. The minimum absolute atomic E-state index is 0.0344. The van der Waals surface area contributed by atoms with Gasteiger partial charge in [0.05, 0.1) is 17.8 Å². The molecule has 0 bridgehead atoms. The molecule has 1 saturated carbocycles. The molecule has 0 aliphatic heterocycles. The van der Waals surface area contributed by atoms with Crippen LogP contribution in [0.1, 0.15) is 85.8 Å². The van der Waals surface area contributed by atoms with E-state index in [0.717, 1.165) is 18.8 Å². The second kappa shape index (κ2) is 8.59. The zero-order valence-corrected chi connectivity index (χ0v) is 18.2. The summed E-state index contributed by atoms with van der Waals surface area (Å²) >= 11 is 0. The van der Waals surface area contributed by atoms with Crippen LogP contribution >= 0.6 is 0 Å². The molecule has 5 atom stereocenters. The van der Waals surface area contributed by atoms with Gasteiger partial charge in [-0.1, -0.05) is 54.4 Å². The van der Waals surface area contributed by atoms with Gasteiger partial charge in [0.2, 0.25) is 0 Å². The Balaban J connectivity index is 2.08. The molecule has 0 radical (unpaired) electrons. The van der Waals surface area contributed by atoms with Crippen molar-refractivity contribution in [2.45, 2.75) is 80.2 Å². The van der Waals surface area contributed by atoms with Gasteiger partial charge in [-0.3, -0.25) is 9.48 Å². The molecule has 1 fully saturated rings. The van der Waals surface area contributed by atoms with E-state index in [1.165, 1.54) is 12.8 Å². The standard InChI is InChI=1S/C23H37N3O/c1-15(2)8-9-16(3)20-10-11-21(23(20,6)7)22(27)17(4)18(5)26-14-19(12-24)13-25-26/h13-18,20-21H,8-11H2,1-7H3/t16-,17-,18?,20-,21+/m0/s1. The molecule has 0 spiro atoms. The Morgan fingerprint density at radius 2 is 1.93 bits per heavy atom. The fraction of sp³-hybridized carbons (Fsp3) is 0.783. The highest BCUT2D eigenvalue weighted by Crippen LogP contribution is 2.53. The molecule has 0 aromatic carbocycles. The summed E-state index contributed by atoms with van der Waals surface area (Å²) in [5.74, 6) is 2.39. The third-order valence-corrected chi connectivity index (χ3v) is 7.17. The lowest BCUT2D eigenvalue weighted by atomic mass is 9.67. The summed E-state index contributed by atoms with van der Waals surface area (Å²) in [4.78, 5) is 13.4. The van der Waals surface area contributed by atoms with Crippen LogP contribution in [0.15, 0.2) is 12.4 Å². The number of hydrogen-bond donors (Lipinski definition) is 0. The second-order valence-corrected chi connectivity index (χ2v) is 9.76. The zero-order chi connectivity index (χ0) is 20.4. The van der Waals surface area contributed by atoms with Crippen molar-refractivity contribution in [2.75, 3.05) is 0 Å². The first kappa shape index (κ1) is 21.7. The number of carbonyl (C=O) groups is 1. The molecule has 1 aliphatic carbocycles. The van der Waals surface area contributed by atoms with E-state index in [4.69, 9.17) is 5.26 Å². The first-order valence-electron chi connectivity index (χ1n) is 10.6. The molecule has 1 unspecified atom stereocenters. The predicted octanol–water partition coefficient (Wildman–Crippen LogP) is 5.65. The SMILES string of the molecule is CC(C)CC[C@H](C)[C@@H]1CC[C@H](C(=O)[C@@H](C)C(C)n2cc(C#N)cn2)C1(C)C. The summed E-state index contributed by atoms with van der Waals surface area (Å²) in [5.41, 5.74) is 0.588. The van der Waals surface area contributed by atoms with Crippen LogP contribution in [0.25, 0.3) is 0 Å². The number of nitrogens with zero attached hydrogens (tertiary/aromatic N) is 3. The van der Waals surface area contributed by atoms with Gasteiger partial charge in [0.15, 0.2) is 0 Å². The number of aromatic nitrogens is 2. The highest BCUT2D eigenvalue weighted by molar-refractivity contribution is 5.84. The van der Waals surface area contributed by atoms with Crippen LogP contribution in [-0.2, 0) is 4.79 Å². The zero-order valence-electron chi connectivity index (χ0n) is 18.2. The largest absolute Gasteiger partial charge is 0.299 e. The first-order valence-corrected chi connectivity index (χ1v) is 10.6. The Morgan fingerprint density at radius 1 is 1.26 bits per heavy atom. The fourth-order valence-corrected chi connectivity index (χ4v) is 5.08. The average molecular weight is 372 g/mol. The van der Waals surface area contributed by atoms with Crippen molar-refractivity contribution < 1.29 is 4.79 Å². The Morgan fingerprint density at radius 3 is 2.48 bits per heavy atom. The minimum atomic E-state index is -0.106. The molecule has 27 heavy (non-hydrogen) atoms. The molecular weight excluding hydrogens is 334 g/mol. The summed E-state index contributed by atoms with van der Waals surface area (Å²) in [6.07, 6.45) is 7.99. The van der Waals surface area contributed by atoms with Crippen LogP contribution in [-0.4, -0.2) is 15.6 Å². The number of carbonyl (C=O) groups excluding carboxylic acids is 1. The van der Waals surface area contributed by atoms with Crippen molar-refractivity contribution in [3.8, 4) is 6.07 Å². The molecule has 1 aliphatic rings. The molecule has 4 heteroatoms. The van der Waals surface area contributed by atoms with Crippen LogP contribution < -0.4 is 0 Å². The molecule has 0 saturated heterocycles. The maximum atomic E-state index is 13.4. The van der Waals surface area contributed by atoms with E-state index in [1.807, 2.05) is 13.8 Å². The van der Waals surface area contributed by atoms with E-state index >= 15 is 0 Å². The lowest BCUT2D eigenvalue weighted by Crippen LogP contribution is -2.37. The van der Waals surface area contributed by atoms with Crippen LogP contribution in [0, 0.1) is 46.3 Å². The summed E-state index contributed by atoms with van der Waals surface area (Å²) in [6.45, 7) is 15.6. The first-order chi connectivity index (χ1) is 12.6. The predicted molar refractivity (Wildman–Crippen MR) is 109 cm³/mol. The molecule has 4 nitrogen and oxygen atoms in total.